The highest BCUT2D eigenvalue weighted by Gasteiger charge is 2.13. The second-order valence-electron chi connectivity index (χ2n) is 8.08. The summed E-state index contributed by atoms with van der Waals surface area (Å²) < 4.78 is 1.60. The molecule has 2 aromatic heterocycles. The van der Waals surface area contributed by atoms with Crippen LogP contribution in [-0.4, -0.2) is 37.4 Å². The van der Waals surface area contributed by atoms with Crippen LogP contribution in [0.15, 0.2) is 67.0 Å². The Morgan fingerprint density at radius 2 is 1.97 bits per heavy atom. The van der Waals surface area contributed by atoms with E-state index in [0.29, 0.717) is 28.5 Å². The van der Waals surface area contributed by atoms with Crippen LogP contribution in [0.4, 0.5) is 11.6 Å². The molecule has 0 aliphatic heterocycles. The molecular weight excluding hydrogens is 468 g/mol. The Labute approximate surface area is 207 Å². The quantitative estimate of drug-likeness (QED) is 0.175. The van der Waals surface area contributed by atoms with Crippen LogP contribution in [0.3, 0.4) is 0 Å². The molecule has 0 radical (unpaired) electrons. The van der Waals surface area contributed by atoms with Gasteiger partial charge in [-0.25, -0.2) is 15.1 Å². The number of hydrogen-bond acceptors (Lipinski definition) is 7. The first-order chi connectivity index (χ1) is 16.9. The average molecular weight is 493 g/mol. The van der Waals surface area contributed by atoms with Crippen LogP contribution in [0.25, 0.3) is 5.82 Å². The van der Waals surface area contributed by atoms with Gasteiger partial charge in [-0.1, -0.05) is 49.7 Å². The maximum atomic E-state index is 12.0. The van der Waals surface area contributed by atoms with Crippen LogP contribution >= 0.6 is 11.6 Å². The number of carbonyl (C=O) groups excluding carboxylic acids is 1. The molecule has 10 heteroatoms. The molecule has 0 fully saturated rings. The SMILES string of the molecule is CC(C)c1ccn(-c2nc(Nc3ccc(CCONC(=O)c4ccccc4)cc3O)ncc2Cl)n1. The minimum atomic E-state index is -0.314. The van der Waals surface area contributed by atoms with E-state index in [1.165, 1.54) is 6.20 Å². The van der Waals surface area contributed by atoms with Crippen molar-refractivity contribution in [2.75, 3.05) is 11.9 Å². The zero-order valence-electron chi connectivity index (χ0n) is 19.3. The summed E-state index contributed by atoms with van der Waals surface area (Å²) in [6.45, 7) is 4.36. The molecular formula is C25H25ClN6O3. The molecule has 0 aliphatic rings. The van der Waals surface area contributed by atoms with Crippen LogP contribution in [0.1, 0.15) is 41.4 Å². The molecule has 3 N–H and O–H groups in total. The van der Waals surface area contributed by atoms with Gasteiger partial charge >= 0.3 is 0 Å². The van der Waals surface area contributed by atoms with E-state index in [-0.39, 0.29) is 30.1 Å². The molecule has 0 atom stereocenters. The standard InChI is InChI=1S/C25H25ClN6O3/c1-16(2)20-10-12-32(30-20)23-19(26)15-27-25(29-23)28-21-9-8-17(14-22(21)33)11-13-35-31-24(34)18-6-4-3-5-7-18/h3-10,12,14-16,33H,11,13H2,1-2H3,(H,31,34)(H,27,28,29). The number of halogens is 1. The van der Waals surface area contributed by atoms with E-state index in [4.69, 9.17) is 16.4 Å². The Bertz CT molecular complexity index is 1310. The lowest BCUT2D eigenvalue weighted by molar-refractivity contribution is 0.0324. The second kappa shape index (κ2) is 11.0. The summed E-state index contributed by atoms with van der Waals surface area (Å²) >= 11 is 6.29. The number of phenolic OH excluding ortho intramolecular Hbond substituents is 1. The smallest absolute Gasteiger partial charge is 0.274 e. The zero-order valence-corrected chi connectivity index (χ0v) is 20.0. The zero-order chi connectivity index (χ0) is 24.8. The maximum absolute atomic E-state index is 12.0. The normalized spacial score (nSPS) is 11.0. The van der Waals surface area contributed by atoms with Crippen LogP contribution in [0.2, 0.25) is 5.02 Å². The van der Waals surface area contributed by atoms with Gasteiger partial charge in [0.25, 0.3) is 5.91 Å². The number of nitrogens with one attached hydrogen (secondary N) is 2. The number of hydroxylamine groups is 1. The summed E-state index contributed by atoms with van der Waals surface area (Å²) in [5.41, 5.74) is 5.11. The number of hydrogen-bond donors (Lipinski definition) is 3. The van der Waals surface area contributed by atoms with E-state index >= 15 is 0 Å². The first kappa shape index (κ1) is 24.2. The fourth-order valence-corrected chi connectivity index (χ4v) is 3.41. The van der Waals surface area contributed by atoms with Gasteiger partial charge in [-0.15, -0.1) is 0 Å². The van der Waals surface area contributed by atoms with Gasteiger partial charge in [0.05, 0.1) is 24.2 Å². The number of aromatic hydroxyl groups is 1. The van der Waals surface area contributed by atoms with Crippen molar-refractivity contribution >= 4 is 29.1 Å². The van der Waals surface area contributed by atoms with E-state index in [1.54, 1.807) is 47.3 Å². The molecule has 4 rings (SSSR count). The lowest BCUT2D eigenvalue weighted by atomic mass is 10.1. The fraction of sp³-hybridized carbons (Fsp3) is 0.200. The first-order valence-corrected chi connectivity index (χ1v) is 11.4. The molecule has 2 heterocycles. The largest absolute Gasteiger partial charge is 0.506 e. The van der Waals surface area contributed by atoms with Crippen molar-refractivity contribution in [3.63, 3.8) is 0 Å². The van der Waals surface area contributed by atoms with Crippen LogP contribution in [0.5, 0.6) is 5.75 Å². The van der Waals surface area contributed by atoms with E-state index in [1.807, 2.05) is 18.2 Å². The predicted octanol–water partition coefficient (Wildman–Crippen LogP) is 4.79. The van der Waals surface area contributed by atoms with Gasteiger partial charge in [0.2, 0.25) is 5.95 Å². The molecule has 9 nitrogen and oxygen atoms in total. The van der Waals surface area contributed by atoms with Crippen molar-refractivity contribution in [2.45, 2.75) is 26.2 Å². The van der Waals surface area contributed by atoms with Gasteiger partial charge in [0, 0.05) is 11.8 Å². The number of anilines is 2. The molecule has 0 aliphatic carbocycles. The Balaban J connectivity index is 1.36. The van der Waals surface area contributed by atoms with Crippen molar-refractivity contribution in [1.82, 2.24) is 25.2 Å². The Kier molecular flexibility index (Phi) is 7.59. The molecule has 0 bridgehead atoms. The van der Waals surface area contributed by atoms with Gasteiger partial charge in [-0.2, -0.15) is 10.1 Å². The molecule has 35 heavy (non-hydrogen) atoms. The molecule has 180 valence electrons. The summed E-state index contributed by atoms with van der Waals surface area (Å²) in [5, 5.41) is 18.3. The third-order valence-corrected chi connectivity index (χ3v) is 5.41. The summed E-state index contributed by atoms with van der Waals surface area (Å²) in [6.07, 6.45) is 3.77. The number of phenols is 1. The second-order valence-corrected chi connectivity index (χ2v) is 8.48. The fourth-order valence-electron chi connectivity index (χ4n) is 3.24. The molecule has 1 amide bonds. The number of amides is 1. The molecule has 0 saturated carbocycles. The van der Waals surface area contributed by atoms with Gasteiger partial charge in [-0.3, -0.25) is 9.63 Å². The monoisotopic (exact) mass is 492 g/mol. The third-order valence-electron chi connectivity index (χ3n) is 5.15. The van der Waals surface area contributed by atoms with E-state index < -0.39 is 0 Å². The van der Waals surface area contributed by atoms with Crippen LogP contribution < -0.4 is 10.8 Å². The number of rotatable bonds is 9. The number of aromatic nitrogens is 4. The minimum Gasteiger partial charge on any atom is -0.506 e. The van der Waals surface area contributed by atoms with Gasteiger partial charge in [0.1, 0.15) is 10.8 Å². The van der Waals surface area contributed by atoms with E-state index in [9.17, 15) is 9.90 Å². The molecule has 4 aromatic rings. The molecule has 2 aromatic carbocycles. The van der Waals surface area contributed by atoms with Gasteiger partial charge < -0.3 is 10.4 Å². The number of benzene rings is 2. The van der Waals surface area contributed by atoms with Crippen LogP contribution in [0, 0.1) is 0 Å². The van der Waals surface area contributed by atoms with Crippen LogP contribution in [-0.2, 0) is 11.3 Å². The Morgan fingerprint density at radius 1 is 1.17 bits per heavy atom. The average Bonchev–Trinajstić information content (AvgIpc) is 3.35. The topological polar surface area (TPSA) is 114 Å². The van der Waals surface area contributed by atoms with Crippen molar-refractivity contribution in [2.24, 2.45) is 0 Å². The first-order valence-electron chi connectivity index (χ1n) is 11.1. The van der Waals surface area contributed by atoms with Gasteiger partial charge in [-0.05, 0) is 48.2 Å². The number of carbonyl (C=O) groups is 1. The summed E-state index contributed by atoms with van der Waals surface area (Å²) in [4.78, 5) is 25.9. The lowest BCUT2D eigenvalue weighted by Gasteiger charge is -2.11. The van der Waals surface area contributed by atoms with Crippen molar-refractivity contribution in [1.29, 1.82) is 0 Å². The van der Waals surface area contributed by atoms with Crippen molar-refractivity contribution < 1.29 is 14.7 Å². The summed E-state index contributed by atoms with van der Waals surface area (Å²) in [6, 6.07) is 15.9. The Hall–Kier alpha value is -3.95. The van der Waals surface area contributed by atoms with E-state index in [0.717, 1.165) is 11.3 Å². The lowest BCUT2D eigenvalue weighted by Crippen LogP contribution is -2.24. The van der Waals surface area contributed by atoms with E-state index in [2.05, 4.69) is 39.7 Å². The minimum absolute atomic E-state index is 0.0251. The third kappa shape index (κ3) is 6.14. The van der Waals surface area contributed by atoms with Crippen molar-refractivity contribution in [3.05, 3.63) is 88.8 Å². The maximum Gasteiger partial charge on any atom is 0.274 e. The molecule has 0 spiro atoms. The summed E-state index contributed by atoms with van der Waals surface area (Å²) in [5.74, 6) is 0.682. The Morgan fingerprint density at radius 3 is 2.69 bits per heavy atom. The molecule has 0 unspecified atom stereocenters. The van der Waals surface area contributed by atoms with Gasteiger partial charge in [0.15, 0.2) is 5.82 Å². The highest BCUT2D eigenvalue weighted by Crippen LogP contribution is 2.28. The molecule has 0 saturated heterocycles. The summed E-state index contributed by atoms with van der Waals surface area (Å²) in [7, 11) is 0. The predicted molar refractivity (Wildman–Crippen MR) is 133 cm³/mol. The number of nitrogens with zero attached hydrogens (tertiary/aromatic N) is 4. The highest BCUT2D eigenvalue weighted by molar-refractivity contribution is 6.32. The van der Waals surface area contributed by atoms with Crippen molar-refractivity contribution in [3.8, 4) is 11.6 Å². The highest BCUT2D eigenvalue weighted by atomic mass is 35.5.